The van der Waals surface area contributed by atoms with Crippen LogP contribution in [0.2, 0.25) is 0 Å². The van der Waals surface area contributed by atoms with E-state index in [0.717, 1.165) is 6.54 Å². The van der Waals surface area contributed by atoms with Crippen molar-refractivity contribution < 1.29 is 4.79 Å². The normalized spacial score (nSPS) is 9.50. The largest absolute Gasteiger partial charge is 0.364 e. The van der Waals surface area contributed by atoms with E-state index in [9.17, 15) is 4.79 Å². The van der Waals surface area contributed by atoms with Crippen molar-refractivity contribution >= 4 is 11.7 Å². The number of nitrogens with two attached hydrogens (primary N) is 1. The Balaban J connectivity index is 2.78. The fourth-order valence-corrected chi connectivity index (χ4v) is 1.24. The number of carbonyl (C=O) groups excluding carboxylic acids is 1. The molecule has 1 heterocycles. The van der Waals surface area contributed by atoms with Crippen molar-refractivity contribution in [1.82, 2.24) is 10.2 Å². The van der Waals surface area contributed by atoms with Gasteiger partial charge in [0.15, 0.2) is 11.5 Å². The maximum Gasteiger partial charge on any atom is 0.269 e. The quantitative estimate of drug-likeness (QED) is 0.769. The molecule has 6 nitrogen and oxygen atoms in total. The lowest BCUT2D eigenvalue weighted by atomic mass is 10.3. The molecule has 0 aliphatic heterocycles. The summed E-state index contributed by atoms with van der Waals surface area (Å²) in [5, 5.41) is 16.1. The Labute approximate surface area is 93.7 Å². The van der Waals surface area contributed by atoms with Crippen LogP contribution in [0.25, 0.3) is 0 Å². The highest BCUT2D eigenvalue weighted by atomic mass is 16.1. The van der Waals surface area contributed by atoms with Crippen LogP contribution in [0.15, 0.2) is 12.1 Å². The lowest BCUT2D eigenvalue weighted by Gasteiger charge is -2.19. The molecule has 0 spiro atoms. The van der Waals surface area contributed by atoms with Crippen LogP contribution in [-0.2, 0) is 0 Å². The summed E-state index contributed by atoms with van der Waals surface area (Å²) >= 11 is 0. The topological polar surface area (TPSA) is 95.9 Å². The van der Waals surface area contributed by atoms with E-state index in [2.05, 4.69) is 16.3 Å². The van der Waals surface area contributed by atoms with Crippen molar-refractivity contribution in [2.24, 2.45) is 5.73 Å². The van der Waals surface area contributed by atoms with Crippen LogP contribution in [0, 0.1) is 11.3 Å². The molecule has 0 atom stereocenters. The fraction of sp³-hybridized carbons (Fsp3) is 0.400. The molecular formula is C10H13N5O. The molecule has 2 N–H and O–H groups in total. The number of primary amides is 1. The van der Waals surface area contributed by atoms with E-state index in [1.165, 1.54) is 6.07 Å². The second-order valence-electron chi connectivity index (χ2n) is 3.13. The maximum atomic E-state index is 10.8. The van der Waals surface area contributed by atoms with Crippen molar-refractivity contribution in [1.29, 1.82) is 5.26 Å². The van der Waals surface area contributed by atoms with Crippen LogP contribution >= 0.6 is 0 Å². The SMILES string of the molecule is CCN(CCC#N)c1ccc(C(N)=O)nn1. The van der Waals surface area contributed by atoms with E-state index in [1.807, 2.05) is 11.8 Å². The summed E-state index contributed by atoms with van der Waals surface area (Å²) in [7, 11) is 0. The van der Waals surface area contributed by atoms with Gasteiger partial charge >= 0.3 is 0 Å². The van der Waals surface area contributed by atoms with Gasteiger partial charge in [0.25, 0.3) is 5.91 Å². The standard InChI is InChI=1S/C10H13N5O/c1-2-15(7-3-6-11)9-5-4-8(10(12)16)13-14-9/h4-5H,2-3,7H2,1H3,(H2,12,16). The molecule has 84 valence electrons. The molecular weight excluding hydrogens is 206 g/mol. The van der Waals surface area contributed by atoms with Gasteiger partial charge in [-0.25, -0.2) is 0 Å². The highest BCUT2D eigenvalue weighted by molar-refractivity contribution is 5.90. The number of nitriles is 1. The van der Waals surface area contributed by atoms with Gasteiger partial charge in [0.05, 0.1) is 12.5 Å². The third-order valence-corrected chi connectivity index (χ3v) is 2.10. The van der Waals surface area contributed by atoms with Crippen LogP contribution < -0.4 is 10.6 Å². The van der Waals surface area contributed by atoms with E-state index in [4.69, 9.17) is 11.0 Å². The first-order valence-corrected chi connectivity index (χ1v) is 4.94. The smallest absolute Gasteiger partial charge is 0.269 e. The molecule has 0 fully saturated rings. The van der Waals surface area contributed by atoms with Crippen molar-refractivity contribution in [2.45, 2.75) is 13.3 Å². The van der Waals surface area contributed by atoms with Crippen LogP contribution in [0.3, 0.4) is 0 Å². The molecule has 0 aromatic carbocycles. The summed E-state index contributed by atoms with van der Waals surface area (Å²) in [5.41, 5.74) is 5.19. The second kappa shape index (κ2) is 5.66. The Morgan fingerprint density at radius 1 is 1.56 bits per heavy atom. The third kappa shape index (κ3) is 2.92. The molecule has 1 aromatic rings. The predicted molar refractivity (Wildman–Crippen MR) is 58.7 cm³/mol. The van der Waals surface area contributed by atoms with E-state index < -0.39 is 5.91 Å². The van der Waals surface area contributed by atoms with Crippen molar-refractivity contribution in [2.75, 3.05) is 18.0 Å². The number of nitrogens with zero attached hydrogens (tertiary/aromatic N) is 4. The van der Waals surface area contributed by atoms with E-state index in [-0.39, 0.29) is 5.69 Å². The Kier molecular flexibility index (Phi) is 4.21. The molecule has 0 radical (unpaired) electrons. The van der Waals surface area contributed by atoms with Gasteiger partial charge in [0.1, 0.15) is 0 Å². The molecule has 16 heavy (non-hydrogen) atoms. The molecule has 1 amide bonds. The number of rotatable bonds is 5. The number of amides is 1. The zero-order chi connectivity index (χ0) is 12.0. The highest BCUT2D eigenvalue weighted by Crippen LogP contribution is 2.09. The van der Waals surface area contributed by atoms with Gasteiger partial charge in [-0.15, -0.1) is 10.2 Å². The lowest BCUT2D eigenvalue weighted by Crippen LogP contribution is -2.25. The average molecular weight is 219 g/mol. The fourth-order valence-electron chi connectivity index (χ4n) is 1.24. The number of hydrogen-bond acceptors (Lipinski definition) is 5. The van der Waals surface area contributed by atoms with Gasteiger partial charge in [-0.3, -0.25) is 4.79 Å². The number of anilines is 1. The third-order valence-electron chi connectivity index (χ3n) is 2.10. The second-order valence-corrected chi connectivity index (χ2v) is 3.13. The van der Waals surface area contributed by atoms with Crippen LogP contribution in [0.1, 0.15) is 23.8 Å². The zero-order valence-electron chi connectivity index (χ0n) is 9.05. The highest BCUT2D eigenvalue weighted by Gasteiger charge is 2.08. The average Bonchev–Trinajstić information content (AvgIpc) is 2.30. The predicted octanol–water partition coefficient (Wildman–Crippen LogP) is 0.315. The van der Waals surface area contributed by atoms with E-state index >= 15 is 0 Å². The molecule has 0 saturated heterocycles. The molecule has 6 heteroatoms. The number of hydrogen-bond donors (Lipinski definition) is 1. The minimum absolute atomic E-state index is 0.139. The minimum atomic E-state index is -0.598. The molecule has 0 aliphatic carbocycles. The summed E-state index contributed by atoms with van der Waals surface area (Å²) in [6, 6.07) is 5.27. The molecule has 1 rings (SSSR count). The van der Waals surface area contributed by atoms with Gasteiger partial charge in [-0.1, -0.05) is 0 Å². The Morgan fingerprint density at radius 3 is 2.75 bits per heavy atom. The molecule has 0 saturated carbocycles. The van der Waals surface area contributed by atoms with E-state index in [0.29, 0.717) is 18.8 Å². The van der Waals surface area contributed by atoms with Gasteiger partial charge in [0, 0.05) is 13.1 Å². The molecule has 0 aliphatic rings. The summed E-state index contributed by atoms with van der Waals surface area (Å²) in [6.45, 7) is 3.28. The molecule has 0 bridgehead atoms. The van der Waals surface area contributed by atoms with Gasteiger partial charge in [-0.05, 0) is 19.1 Å². The number of carbonyl (C=O) groups is 1. The zero-order valence-corrected chi connectivity index (χ0v) is 9.05. The van der Waals surface area contributed by atoms with E-state index in [1.54, 1.807) is 6.07 Å². The first-order valence-electron chi connectivity index (χ1n) is 4.94. The van der Waals surface area contributed by atoms with Crippen LogP contribution in [-0.4, -0.2) is 29.2 Å². The first kappa shape index (κ1) is 11.9. The first-order chi connectivity index (χ1) is 7.69. The van der Waals surface area contributed by atoms with Crippen molar-refractivity contribution in [3.8, 4) is 6.07 Å². The lowest BCUT2D eigenvalue weighted by molar-refractivity contribution is 0.0994. The monoisotopic (exact) mass is 219 g/mol. The van der Waals surface area contributed by atoms with Gasteiger partial charge in [0.2, 0.25) is 0 Å². The van der Waals surface area contributed by atoms with Gasteiger partial charge < -0.3 is 10.6 Å². The van der Waals surface area contributed by atoms with Crippen LogP contribution in [0.4, 0.5) is 5.82 Å². The molecule has 0 unspecified atom stereocenters. The Hall–Kier alpha value is -2.16. The minimum Gasteiger partial charge on any atom is -0.364 e. The van der Waals surface area contributed by atoms with Crippen molar-refractivity contribution in [3.63, 3.8) is 0 Å². The number of aromatic nitrogens is 2. The summed E-state index contributed by atoms with van der Waals surface area (Å²) in [4.78, 5) is 12.7. The Bertz CT molecular complexity index is 395. The maximum absolute atomic E-state index is 10.8. The summed E-state index contributed by atoms with van der Waals surface area (Å²) in [5.74, 6) is 0.0434. The molecule has 1 aromatic heterocycles. The van der Waals surface area contributed by atoms with Gasteiger partial charge in [-0.2, -0.15) is 5.26 Å². The van der Waals surface area contributed by atoms with Crippen molar-refractivity contribution in [3.05, 3.63) is 17.8 Å². The Morgan fingerprint density at radius 2 is 2.31 bits per heavy atom. The van der Waals surface area contributed by atoms with Crippen LogP contribution in [0.5, 0.6) is 0 Å². The summed E-state index contributed by atoms with van der Waals surface area (Å²) in [6.07, 6.45) is 0.424. The summed E-state index contributed by atoms with van der Waals surface area (Å²) < 4.78 is 0.